The van der Waals surface area contributed by atoms with Crippen LogP contribution in [-0.4, -0.2) is 29.1 Å². The van der Waals surface area contributed by atoms with Gasteiger partial charge in [0.05, 0.1) is 11.5 Å². The van der Waals surface area contributed by atoms with Gasteiger partial charge in [0.1, 0.15) is 0 Å². The molecule has 0 aromatic heterocycles. The molecule has 0 bridgehead atoms. The number of carboxylic acids is 1. The largest absolute Gasteiger partial charge is 0.481 e. The first-order chi connectivity index (χ1) is 7.79. The summed E-state index contributed by atoms with van der Waals surface area (Å²) in [6.45, 7) is 5.43. The summed E-state index contributed by atoms with van der Waals surface area (Å²) in [4.78, 5) is 23.1. The third-order valence-electron chi connectivity index (χ3n) is 3.78. The van der Waals surface area contributed by atoms with Crippen LogP contribution in [0.15, 0.2) is 0 Å². The fourth-order valence-corrected chi connectivity index (χ4v) is 2.22. The Morgan fingerprint density at radius 3 is 2.53 bits per heavy atom. The van der Waals surface area contributed by atoms with E-state index in [0.717, 1.165) is 6.42 Å². The monoisotopic (exact) mass is 242 g/mol. The van der Waals surface area contributed by atoms with Crippen LogP contribution >= 0.6 is 0 Å². The highest BCUT2D eigenvalue weighted by atomic mass is 16.4. The maximum Gasteiger partial charge on any atom is 0.311 e. The minimum Gasteiger partial charge on any atom is -0.481 e. The fraction of sp³-hybridized carbons (Fsp3) is 0.833. The van der Waals surface area contributed by atoms with E-state index < -0.39 is 17.4 Å². The maximum absolute atomic E-state index is 11.8. The molecule has 0 aliphatic heterocycles. The quantitative estimate of drug-likeness (QED) is 0.677. The standard InChI is InChI=1S/C12H22N2O3/c1-7(2)9(13)10(15)14-8-5-4-6-12(8,3)11(16)17/h7-9H,4-6,13H2,1-3H3,(H,14,15)(H,16,17)/t8?,9-,12?/m1/s1. The maximum atomic E-state index is 11.8. The molecule has 1 rings (SSSR count). The third-order valence-corrected chi connectivity index (χ3v) is 3.78. The van der Waals surface area contributed by atoms with Gasteiger partial charge in [-0.25, -0.2) is 0 Å². The van der Waals surface area contributed by atoms with Crippen LogP contribution in [0.4, 0.5) is 0 Å². The number of carboxylic acid groups (broad SMARTS) is 1. The molecule has 1 saturated carbocycles. The number of amides is 1. The Bertz CT molecular complexity index is 317. The average Bonchev–Trinajstić information content (AvgIpc) is 2.60. The normalized spacial score (nSPS) is 30.3. The van der Waals surface area contributed by atoms with Crippen LogP contribution in [-0.2, 0) is 9.59 Å². The van der Waals surface area contributed by atoms with Crippen molar-refractivity contribution in [1.29, 1.82) is 0 Å². The zero-order valence-electron chi connectivity index (χ0n) is 10.7. The van der Waals surface area contributed by atoms with Gasteiger partial charge in [0.15, 0.2) is 0 Å². The lowest BCUT2D eigenvalue weighted by molar-refractivity contribution is -0.149. The topological polar surface area (TPSA) is 92.4 Å². The predicted octanol–water partition coefficient (Wildman–Crippen LogP) is 0.729. The molecule has 0 aromatic rings. The summed E-state index contributed by atoms with van der Waals surface area (Å²) in [6, 6.07) is -0.883. The van der Waals surface area contributed by atoms with E-state index in [2.05, 4.69) is 5.32 Å². The van der Waals surface area contributed by atoms with Crippen LogP contribution in [0.1, 0.15) is 40.0 Å². The lowest BCUT2D eigenvalue weighted by Crippen LogP contribution is -2.53. The van der Waals surface area contributed by atoms with Crippen LogP contribution in [0, 0.1) is 11.3 Å². The van der Waals surface area contributed by atoms with Crippen molar-refractivity contribution >= 4 is 11.9 Å². The number of carbonyl (C=O) groups excluding carboxylic acids is 1. The van der Waals surface area contributed by atoms with Crippen LogP contribution in [0.2, 0.25) is 0 Å². The summed E-state index contributed by atoms with van der Waals surface area (Å²) < 4.78 is 0. The highest BCUT2D eigenvalue weighted by Crippen LogP contribution is 2.38. The number of carbonyl (C=O) groups is 2. The molecule has 5 heteroatoms. The number of rotatable bonds is 4. The minimum absolute atomic E-state index is 0.0486. The second-order valence-electron chi connectivity index (χ2n) is 5.45. The Labute approximate surface area is 102 Å². The molecule has 3 atom stereocenters. The molecule has 0 saturated heterocycles. The first kappa shape index (κ1) is 14.0. The van der Waals surface area contributed by atoms with E-state index in [1.807, 2.05) is 13.8 Å². The molecule has 1 amide bonds. The molecule has 17 heavy (non-hydrogen) atoms. The van der Waals surface area contributed by atoms with E-state index in [4.69, 9.17) is 5.73 Å². The first-order valence-corrected chi connectivity index (χ1v) is 6.08. The summed E-state index contributed by atoms with van der Waals surface area (Å²) >= 11 is 0. The second kappa shape index (κ2) is 5.04. The highest BCUT2D eigenvalue weighted by molar-refractivity contribution is 5.83. The van der Waals surface area contributed by atoms with Crippen LogP contribution < -0.4 is 11.1 Å². The summed E-state index contributed by atoms with van der Waals surface area (Å²) in [5, 5.41) is 12.0. The molecule has 98 valence electrons. The lowest BCUT2D eigenvalue weighted by Gasteiger charge is -2.29. The van der Waals surface area contributed by atoms with E-state index in [-0.39, 0.29) is 17.9 Å². The van der Waals surface area contributed by atoms with Gasteiger partial charge in [-0.05, 0) is 25.7 Å². The van der Waals surface area contributed by atoms with Crippen molar-refractivity contribution in [3.05, 3.63) is 0 Å². The molecular formula is C12H22N2O3. The van der Waals surface area contributed by atoms with Crippen LogP contribution in [0.3, 0.4) is 0 Å². The van der Waals surface area contributed by atoms with Gasteiger partial charge < -0.3 is 16.2 Å². The SMILES string of the molecule is CC(C)[C@@H](N)C(=O)NC1CCCC1(C)C(=O)O. The highest BCUT2D eigenvalue weighted by Gasteiger charge is 2.46. The number of hydrogen-bond acceptors (Lipinski definition) is 3. The van der Waals surface area contributed by atoms with Crippen molar-refractivity contribution in [3.8, 4) is 0 Å². The summed E-state index contributed by atoms with van der Waals surface area (Å²) in [5.74, 6) is -1.05. The zero-order chi connectivity index (χ0) is 13.2. The molecule has 0 aromatic carbocycles. The van der Waals surface area contributed by atoms with Gasteiger partial charge in [0.2, 0.25) is 5.91 Å². The molecule has 2 unspecified atom stereocenters. The van der Waals surface area contributed by atoms with Crippen LogP contribution in [0.5, 0.6) is 0 Å². The van der Waals surface area contributed by atoms with Gasteiger partial charge in [0.25, 0.3) is 0 Å². The van der Waals surface area contributed by atoms with Crippen molar-refractivity contribution in [3.63, 3.8) is 0 Å². The van der Waals surface area contributed by atoms with Gasteiger partial charge in [0, 0.05) is 6.04 Å². The van der Waals surface area contributed by atoms with Crippen molar-refractivity contribution < 1.29 is 14.7 Å². The van der Waals surface area contributed by atoms with Crippen molar-refractivity contribution in [2.75, 3.05) is 0 Å². The van der Waals surface area contributed by atoms with Crippen LogP contribution in [0.25, 0.3) is 0 Å². The van der Waals surface area contributed by atoms with Crippen molar-refractivity contribution in [1.82, 2.24) is 5.32 Å². The van der Waals surface area contributed by atoms with E-state index in [1.165, 1.54) is 0 Å². The molecule has 0 radical (unpaired) electrons. The van der Waals surface area contributed by atoms with Gasteiger partial charge in [-0.15, -0.1) is 0 Å². The number of nitrogens with two attached hydrogens (primary N) is 1. The molecular weight excluding hydrogens is 220 g/mol. The van der Waals surface area contributed by atoms with Gasteiger partial charge in [-0.2, -0.15) is 0 Å². The van der Waals surface area contributed by atoms with E-state index in [0.29, 0.717) is 12.8 Å². The van der Waals surface area contributed by atoms with Gasteiger partial charge in [-0.3, -0.25) is 9.59 Å². The number of nitrogens with one attached hydrogen (secondary N) is 1. The van der Waals surface area contributed by atoms with E-state index in [9.17, 15) is 14.7 Å². The Hall–Kier alpha value is -1.10. The lowest BCUT2D eigenvalue weighted by atomic mass is 9.84. The molecule has 1 aliphatic rings. The van der Waals surface area contributed by atoms with Crippen molar-refractivity contribution in [2.45, 2.75) is 52.1 Å². The summed E-state index contributed by atoms with van der Waals surface area (Å²) in [6.07, 6.45) is 2.13. The molecule has 4 N–H and O–H groups in total. The Balaban J connectivity index is 2.69. The smallest absolute Gasteiger partial charge is 0.311 e. The molecule has 1 fully saturated rings. The Kier molecular flexibility index (Phi) is 4.14. The van der Waals surface area contributed by atoms with Gasteiger partial charge >= 0.3 is 5.97 Å². The van der Waals surface area contributed by atoms with E-state index >= 15 is 0 Å². The molecule has 0 heterocycles. The summed E-state index contributed by atoms with van der Waals surface area (Å²) in [7, 11) is 0. The fourth-order valence-electron chi connectivity index (χ4n) is 2.22. The minimum atomic E-state index is -0.855. The molecule has 0 spiro atoms. The number of hydrogen-bond donors (Lipinski definition) is 3. The summed E-state index contributed by atoms with van der Waals surface area (Å²) in [5.41, 5.74) is 4.89. The molecule has 1 aliphatic carbocycles. The Morgan fingerprint density at radius 1 is 1.47 bits per heavy atom. The third kappa shape index (κ3) is 2.77. The van der Waals surface area contributed by atoms with E-state index in [1.54, 1.807) is 6.92 Å². The second-order valence-corrected chi connectivity index (χ2v) is 5.45. The average molecular weight is 242 g/mol. The number of aliphatic carboxylic acids is 1. The molecule has 5 nitrogen and oxygen atoms in total. The Morgan fingerprint density at radius 2 is 2.06 bits per heavy atom. The van der Waals surface area contributed by atoms with Crippen molar-refractivity contribution in [2.24, 2.45) is 17.1 Å². The van der Waals surface area contributed by atoms with Gasteiger partial charge in [-0.1, -0.05) is 20.3 Å². The first-order valence-electron chi connectivity index (χ1n) is 6.08. The predicted molar refractivity (Wildman–Crippen MR) is 64.3 cm³/mol. The zero-order valence-corrected chi connectivity index (χ0v) is 10.7.